The average Bonchev–Trinajstić information content (AvgIpc) is 3.03. The van der Waals surface area contributed by atoms with E-state index in [0.717, 1.165) is 30.9 Å². The number of rotatable bonds is 4. The number of ether oxygens (including phenoxy) is 1. The Morgan fingerprint density at radius 1 is 1.36 bits per heavy atom. The van der Waals surface area contributed by atoms with Crippen molar-refractivity contribution in [3.63, 3.8) is 0 Å². The van der Waals surface area contributed by atoms with E-state index >= 15 is 0 Å². The Hall–Kier alpha value is -1.59. The summed E-state index contributed by atoms with van der Waals surface area (Å²) in [6, 6.07) is 5.61. The predicted octanol–water partition coefficient (Wildman–Crippen LogP) is 1.95. The SMILES string of the molecule is CC1Oc2ccc(C(O)CCN3CCCC3)cc2N(C)C1=O. The monoisotopic (exact) mass is 304 g/mol. The van der Waals surface area contributed by atoms with Crippen molar-refractivity contribution >= 4 is 11.6 Å². The van der Waals surface area contributed by atoms with Crippen LogP contribution in [0.25, 0.3) is 0 Å². The van der Waals surface area contributed by atoms with E-state index in [1.165, 1.54) is 12.8 Å². The fourth-order valence-electron chi connectivity index (χ4n) is 3.21. The molecule has 2 aliphatic rings. The molecule has 2 unspecified atom stereocenters. The lowest BCUT2D eigenvalue weighted by Crippen LogP contribution is -2.42. The Morgan fingerprint density at radius 3 is 2.82 bits per heavy atom. The Bertz CT molecular complexity index is 555. The maximum absolute atomic E-state index is 12.0. The summed E-state index contributed by atoms with van der Waals surface area (Å²) in [5, 5.41) is 10.4. The number of carbonyl (C=O) groups excluding carboxylic acids is 1. The van der Waals surface area contributed by atoms with Gasteiger partial charge >= 0.3 is 0 Å². The first kappa shape index (κ1) is 15.3. The van der Waals surface area contributed by atoms with Gasteiger partial charge in [-0.25, -0.2) is 0 Å². The van der Waals surface area contributed by atoms with Crippen molar-refractivity contribution in [2.45, 2.75) is 38.4 Å². The van der Waals surface area contributed by atoms with Crippen LogP contribution in [0.2, 0.25) is 0 Å². The largest absolute Gasteiger partial charge is 0.479 e. The topological polar surface area (TPSA) is 53.0 Å². The zero-order chi connectivity index (χ0) is 15.7. The minimum atomic E-state index is -0.506. The lowest BCUT2D eigenvalue weighted by atomic mass is 10.0. The normalized spacial score (nSPS) is 23.3. The number of hydrogen-bond donors (Lipinski definition) is 1. The fraction of sp³-hybridized carbons (Fsp3) is 0.588. The van der Waals surface area contributed by atoms with Crippen LogP contribution in [0.5, 0.6) is 5.75 Å². The number of likely N-dealkylation sites (N-methyl/N-ethyl adjacent to an activating group) is 1. The van der Waals surface area contributed by atoms with Crippen molar-refractivity contribution in [2.24, 2.45) is 0 Å². The molecule has 0 spiro atoms. The first-order valence-electron chi connectivity index (χ1n) is 8.05. The summed E-state index contributed by atoms with van der Waals surface area (Å²) in [6.45, 7) is 4.95. The number of carbonyl (C=O) groups is 1. The maximum atomic E-state index is 12.0. The molecule has 0 radical (unpaired) electrons. The van der Waals surface area contributed by atoms with Gasteiger partial charge in [-0.05, 0) is 57.0 Å². The second-order valence-corrected chi connectivity index (χ2v) is 6.24. The highest BCUT2D eigenvalue weighted by atomic mass is 16.5. The van der Waals surface area contributed by atoms with Crippen LogP contribution in [0.15, 0.2) is 18.2 Å². The van der Waals surface area contributed by atoms with Crippen LogP contribution in [0.3, 0.4) is 0 Å². The average molecular weight is 304 g/mol. The molecule has 2 aliphatic heterocycles. The second-order valence-electron chi connectivity index (χ2n) is 6.24. The molecule has 5 heteroatoms. The standard InChI is InChI=1S/C17H24N2O3/c1-12-17(21)18(2)14-11-13(5-6-16(14)22-12)15(20)7-10-19-8-3-4-9-19/h5-6,11-12,15,20H,3-4,7-10H2,1-2H3. The van der Waals surface area contributed by atoms with Gasteiger partial charge < -0.3 is 19.6 Å². The highest BCUT2D eigenvalue weighted by Gasteiger charge is 2.29. The van der Waals surface area contributed by atoms with Crippen molar-refractivity contribution in [3.05, 3.63) is 23.8 Å². The van der Waals surface area contributed by atoms with Gasteiger partial charge in [-0.3, -0.25) is 4.79 Å². The Balaban J connectivity index is 1.71. The number of fused-ring (bicyclic) bond motifs is 1. The van der Waals surface area contributed by atoms with E-state index in [0.29, 0.717) is 12.2 Å². The molecular weight excluding hydrogens is 280 g/mol. The number of benzene rings is 1. The van der Waals surface area contributed by atoms with Gasteiger partial charge in [-0.15, -0.1) is 0 Å². The van der Waals surface area contributed by atoms with E-state index in [2.05, 4.69) is 4.90 Å². The van der Waals surface area contributed by atoms with E-state index in [1.807, 2.05) is 18.2 Å². The van der Waals surface area contributed by atoms with Crippen molar-refractivity contribution < 1.29 is 14.6 Å². The molecule has 0 aliphatic carbocycles. The van der Waals surface area contributed by atoms with Gasteiger partial charge in [0.05, 0.1) is 11.8 Å². The zero-order valence-corrected chi connectivity index (χ0v) is 13.3. The molecule has 2 atom stereocenters. The molecule has 3 rings (SSSR count). The number of nitrogens with zero attached hydrogens (tertiary/aromatic N) is 2. The van der Waals surface area contributed by atoms with E-state index in [4.69, 9.17) is 4.74 Å². The molecule has 1 N–H and O–H groups in total. The molecule has 1 aromatic carbocycles. The Labute approximate surface area is 131 Å². The smallest absolute Gasteiger partial charge is 0.267 e. The van der Waals surface area contributed by atoms with Crippen LogP contribution in [0, 0.1) is 0 Å². The summed E-state index contributed by atoms with van der Waals surface area (Å²) in [5.41, 5.74) is 1.58. The highest BCUT2D eigenvalue weighted by molar-refractivity contribution is 5.99. The van der Waals surface area contributed by atoms with Gasteiger partial charge in [0.1, 0.15) is 5.75 Å². The van der Waals surface area contributed by atoms with E-state index in [9.17, 15) is 9.90 Å². The third kappa shape index (κ3) is 2.96. The van der Waals surface area contributed by atoms with Crippen molar-refractivity contribution in [1.82, 2.24) is 4.90 Å². The van der Waals surface area contributed by atoms with Crippen LogP contribution < -0.4 is 9.64 Å². The lowest BCUT2D eigenvalue weighted by Gasteiger charge is -2.31. The number of hydrogen-bond acceptors (Lipinski definition) is 4. The summed E-state index contributed by atoms with van der Waals surface area (Å²) in [5.74, 6) is 0.640. The third-order valence-electron chi connectivity index (χ3n) is 4.63. The molecule has 1 saturated heterocycles. The fourth-order valence-corrected chi connectivity index (χ4v) is 3.21. The maximum Gasteiger partial charge on any atom is 0.267 e. The summed E-state index contributed by atoms with van der Waals surface area (Å²) in [4.78, 5) is 16.0. The van der Waals surface area contributed by atoms with Gasteiger partial charge in [0.15, 0.2) is 6.10 Å². The molecular formula is C17H24N2O3. The number of anilines is 1. The van der Waals surface area contributed by atoms with Gasteiger partial charge in [-0.2, -0.15) is 0 Å². The highest BCUT2D eigenvalue weighted by Crippen LogP contribution is 2.35. The quantitative estimate of drug-likeness (QED) is 0.924. The summed E-state index contributed by atoms with van der Waals surface area (Å²) in [6.07, 6.45) is 2.28. The second kappa shape index (κ2) is 6.26. The Morgan fingerprint density at radius 2 is 2.09 bits per heavy atom. The third-order valence-corrected chi connectivity index (χ3v) is 4.63. The van der Waals surface area contributed by atoms with Crippen molar-refractivity contribution in [3.8, 4) is 5.75 Å². The summed E-state index contributed by atoms with van der Waals surface area (Å²) < 4.78 is 5.61. The summed E-state index contributed by atoms with van der Waals surface area (Å²) in [7, 11) is 1.75. The molecule has 2 heterocycles. The number of aliphatic hydroxyl groups excluding tert-OH is 1. The van der Waals surface area contributed by atoms with E-state index in [-0.39, 0.29) is 5.91 Å². The van der Waals surface area contributed by atoms with Crippen LogP contribution in [-0.2, 0) is 4.79 Å². The molecule has 5 nitrogen and oxygen atoms in total. The number of likely N-dealkylation sites (tertiary alicyclic amines) is 1. The first-order valence-corrected chi connectivity index (χ1v) is 8.05. The predicted molar refractivity (Wildman–Crippen MR) is 85.2 cm³/mol. The van der Waals surface area contributed by atoms with Crippen molar-refractivity contribution in [1.29, 1.82) is 0 Å². The molecule has 120 valence electrons. The number of aliphatic hydroxyl groups is 1. The molecule has 1 amide bonds. The van der Waals surface area contributed by atoms with Gasteiger partial charge in [0.25, 0.3) is 5.91 Å². The number of amides is 1. The van der Waals surface area contributed by atoms with Crippen LogP contribution in [0.4, 0.5) is 5.69 Å². The van der Waals surface area contributed by atoms with E-state index in [1.54, 1.807) is 18.9 Å². The van der Waals surface area contributed by atoms with Gasteiger partial charge in [0.2, 0.25) is 0 Å². The molecule has 0 saturated carbocycles. The molecule has 1 fully saturated rings. The van der Waals surface area contributed by atoms with Crippen LogP contribution in [-0.4, -0.2) is 48.7 Å². The minimum absolute atomic E-state index is 0.0591. The van der Waals surface area contributed by atoms with Crippen molar-refractivity contribution in [2.75, 3.05) is 31.6 Å². The summed E-state index contributed by atoms with van der Waals surface area (Å²) >= 11 is 0. The van der Waals surface area contributed by atoms with Gasteiger partial charge in [-0.1, -0.05) is 6.07 Å². The molecule has 0 aromatic heterocycles. The molecule has 0 bridgehead atoms. The van der Waals surface area contributed by atoms with Crippen LogP contribution >= 0.6 is 0 Å². The van der Waals surface area contributed by atoms with Crippen LogP contribution in [0.1, 0.15) is 37.9 Å². The zero-order valence-electron chi connectivity index (χ0n) is 13.3. The first-order chi connectivity index (χ1) is 10.6. The van der Waals surface area contributed by atoms with E-state index < -0.39 is 12.2 Å². The Kier molecular flexibility index (Phi) is 4.36. The lowest BCUT2D eigenvalue weighted by molar-refractivity contribution is -0.125. The molecule has 1 aromatic rings. The minimum Gasteiger partial charge on any atom is -0.479 e. The molecule has 22 heavy (non-hydrogen) atoms. The van der Waals surface area contributed by atoms with Gasteiger partial charge in [0, 0.05) is 13.6 Å².